The molecular weight excluding hydrogens is 224 g/mol. The molecule has 0 aliphatic heterocycles. The zero-order valence-corrected chi connectivity index (χ0v) is 12.0. The van der Waals surface area contributed by atoms with Gasteiger partial charge in [-0.25, -0.2) is 0 Å². The van der Waals surface area contributed by atoms with Crippen LogP contribution in [0.2, 0.25) is 0 Å². The third-order valence-electron chi connectivity index (χ3n) is 3.88. The molecule has 0 spiro atoms. The summed E-state index contributed by atoms with van der Waals surface area (Å²) in [5.41, 5.74) is 9.59. The fraction of sp³-hybridized carbons (Fsp3) is 0.786. The number of aromatic nitrogens is 2. The van der Waals surface area contributed by atoms with Gasteiger partial charge in [-0.3, -0.25) is 4.68 Å². The van der Waals surface area contributed by atoms with Crippen molar-refractivity contribution in [2.75, 3.05) is 5.32 Å². The summed E-state index contributed by atoms with van der Waals surface area (Å²) < 4.78 is 2.10. The summed E-state index contributed by atoms with van der Waals surface area (Å²) in [4.78, 5) is 0. The molecule has 18 heavy (non-hydrogen) atoms. The van der Waals surface area contributed by atoms with Crippen LogP contribution in [-0.2, 0) is 0 Å². The van der Waals surface area contributed by atoms with Crippen molar-refractivity contribution in [1.29, 1.82) is 0 Å². The largest absolute Gasteiger partial charge is 0.379 e. The van der Waals surface area contributed by atoms with Gasteiger partial charge >= 0.3 is 0 Å². The average molecular weight is 250 g/mol. The third kappa shape index (κ3) is 2.69. The maximum absolute atomic E-state index is 6.05. The first-order chi connectivity index (χ1) is 8.49. The Labute approximate surface area is 110 Å². The van der Waals surface area contributed by atoms with Crippen LogP contribution in [-0.4, -0.2) is 21.9 Å². The van der Waals surface area contributed by atoms with Crippen molar-refractivity contribution in [2.45, 2.75) is 71.5 Å². The maximum atomic E-state index is 6.05. The molecule has 0 aromatic carbocycles. The molecule has 1 fully saturated rings. The Hall–Kier alpha value is -1.03. The van der Waals surface area contributed by atoms with Gasteiger partial charge in [-0.05, 0) is 53.4 Å². The second-order valence-electron chi connectivity index (χ2n) is 5.85. The normalized spacial score (nSPS) is 24.6. The minimum absolute atomic E-state index is 0.358. The molecule has 4 nitrogen and oxygen atoms in total. The van der Waals surface area contributed by atoms with Gasteiger partial charge < -0.3 is 11.1 Å². The highest BCUT2D eigenvalue weighted by molar-refractivity contribution is 5.53. The van der Waals surface area contributed by atoms with E-state index in [1.54, 1.807) is 0 Å². The van der Waals surface area contributed by atoms with E-state index < -0.39 is 0 Å². The lowest BCUT2D eigenvalue weighted by atomic mass is 9.91. The number of hydrogen-bond acceptors (Lipinski definition) is 3. The van der Waals surface area contributed by atoms with Gasteiger partial charge in [0.15, 0.2) is 0 Å². The highest BCUT2D eigenvalue weighted by atomic mass is 15.3. The van der Waals surface area contributed by atoms with Crippen molar-refractivity contribution in [3.8, 4) is 0 Å². The predicted octanol–water partition coefficient (Wildman–Crippen LogP) is 2.76. The highest BCUT2D eigenvalue weighted by Gasteiger charge is 2.22. The standard InChI is InChI=1S/C14H26N4/c1-9(2)18-11(4)14(10(3)17-18)16-13-7-5-6-12(15)8-13/h9,12-13,16H,5-8,15H2,1-4H3. The number of anilines is 1. The average Bonchev–Trinajstić information content (AvgIpc) is 2.57. The summed E-state index contributed by atoms with van der Waals surface area (Å²) in [7, 11) is 0. The smallest absolute Gasteiger partial charge is 0.0828 e. The van der Waals surface area contributed by atoms with E-state index in [9.17, 15) is 0 Å². The lowest BCUT2D eigenvalue weighted by Gasteiger charge is -2.28. The Bertz CT molecular complexity index is 408. The van der Waals surface area contributed by atoms with E-state index in [1.165, 1.54) is 30.6 Å². The van der Waals surface area contributed by atoms with Crippen molar-refractivity contribution in [1.82, 2.24) is 9.78 Å². The lowest BCUT2D eigenvalue weighted by Crippen LogP contribution is -2.35. The molecule has 2 atom stereocenters. The van der Waals surface area contributed by atoms with Gasteiger partial charge in [-0.2, -0.15) is 5.10 Å². The van der Waals surface area contributed by atoms with E-state index in [2.05, 4.69) is 42.8 Å². The van der Waals surface area contributed by atoms with Crippen molar-refractivity contribution < 1.29 is 0 Å². The minimum atomic E-state index is 0.358. The Kier molecular flexibility index (Phi) is 3.95. The van der Waals surface area contributed by atoms with Gasteiger partial charge in [-0.15, -0.1) is 0 Å². The summed E-state index contributed by atoms with van der Waals surface area (Å²) in [5, 5.41) is 8.28. The van der Waals surface area contributed by atoms with Crippen LogP contribution in [0, 0.1) is 13.8 Å². The summed E-state index contributed by atoms with van der Waals surface area (Å²) in [6, 6.07) is 1.28. The molecule has 0 bridgehead atoms. The molecule has 1 aromatic heterocycles. The van der Waals surface area contributed by atoms with Crippen molar-refractivity contribution in [2.24, 2.45) is 5.73 Å². The molecule has 1 aliphatic rings. The van der Waals surface area contributed by atoms with Crippen LogP contribution in [0.3, 0.4) is 0 Å². The first-order valence-electron chi connectivity index (χ1n) is 7.07. The monoisotopic (exact) mass is 250 g/mol. The molecular formula is C14H26N4. The number of nitrogens with one attached hydrogen (secondary N) is 1. The van der Waals surface area contributed by atoms with Crippen LogP contribution in [0.4, 0.5) is 5.69 Å². The fourth-order valence-electron chi connectivity index (χ4n) is 2.94. The fourth-order valence-corrected chi connectivity index (χ4v) is 2.94. The SMILES string of the molecule is Cc1nn(C(C)C)c(C)c1NC1CCCC(N)C1. The van der Waals surface area contributed by atoms with Gasteiger partial charge in [0.1, 0.15) is 0 Å². The zero-order valence-electron chi connectivity index (χ0n) is 12.0. The zero-order chi connectivity index (χ0) is 13.3. The van der Waals surface area contributed by atoms with Crippen LogP contribution in [0.15, 0.2) is 0 Å². The van der Waals surface area contributed by atoms with Crippen LogP contribution in [0.5, 0.6) is 0 Å². The van der Waals surface area contributed by atoms with E-state index in [0.29, 0.717) is 18.1 Å². The topological polar surface area (TPSA) is 55.9 Å². The lowest BCUT2D eigenvalue weighted by molar-refractivity contribution is 0.409. The molecule has 0 amide bonds. The molecule has 2 unspecified atom stereocenters. The second-order valence-corrected chi connectivity index (χ2v) is 5.85. The summed E-state index contributed by atoms with van der Waals surface area (Å²) >= 11 is 0. The summed E-state index contributed by atoms with van der Waals surface area (Å²) in [6.07, 6.45) is 4.70. The molecule has 1 saturated carbocycles. The van der Waals surface area contributed by atoms with Gasteiger partial charge in [0, 0.05) is 18.1 Å². The highest BCUT2D eigenvalue weighted by Crippen LogP contribution is 2.27. The van der Waals surface area contributed by atoms with E-state index in [0.717, 1.165) is 12.1 Å². The van der Waals surface area contributed by atoms with E-state index in [-0.39, 0.29) is 0 Å². The van der Waals surface area contributed by atoms with Gasteiger partial charge in [0.05, 0.1) is 17.1 Å². The first kappa shape index (κ1) is 13.4. The van der Waals surface area contributed by atoms with Crippen LogP contribution >= 0.6 is 0 Å². The molecule has 1 aliphatic carbocycles. The number of nitrogens with two attached hydrogens (primary N) is 1. The summed E-state index contributed by atoms with van der Waals surface area (Å²) in [5.74, 6) is 0. The van der Waals surface area contributed by atoms with Crippen LogP contribution < -0.4 is 11.1 Å². The molecule has 1 heterocycles. The molecule has 0 saturated heterocycles. The molecule has 4 heteroatoms. The number of rotatable bonds is 3. The Morgan fingerprint density at radius 2 is 2.06 bits per heavy atom. The molecule has 3 N–H and O–H groups in total. The Morgan fingerprint density at radius 1 is 1.33 bits per heavy atom. The van der Waals surface area contributed by atoms with Gasteiger partial charge in [0.25, 0.3) is 0 Å². The van der Waals surface area contributed by atoms with Gasteiger partial charge in [-0.1, -0.05) is 0 Å². The number of nitrogens with zero attached hydrogens (tertiary/aromatic N) is 2. The second kappa shape index (κ2) is 5.31. The van der Waals surface area contributed by atoms with Crippen LogP contribution in [0.1, 0.15) is 57.0 Å². The van der Waals surface area contributed by atoms with Crippen molar-refractivity contribution in [3.05, 3.63) is 11.4 Å². The number of aryl methyl sites for hydroxylation is 1. The van der Waals surface area contributed by atoms with E-state index in [1.807, 2.05) is 0 Å². The Morgan fingerprint density at radius 3 is 2.61 bits per heavy atom. The Balaban J connectivity index is 2.13. The molecule has 2 rings (SSSR count). The summed E-state index contributed by atoms with van der Waals surface area (Å²) in [6.45, 7) is 8.56. The molecule has 0 radical (unpaired) electrons. The van der Waals surface area contributed by atoms with Gasteiger partial charge in [0.2, 0.25) is 0 Å². The minimum Gasteiger partial charge on any atom is -0.379 e. The third-order valence-corrected chi connectivity index (χ3v) is 3.88. The quantitative estimate of drug-likeness (QED) is 0.867. The predicted molar refractivity (Wildman–Crippen MR) is 75.9 cm³/mol. The molecule has 102 valence electrons. The van der Waals surface area contributed by atoms with E-state index in [4.69, 9.17) is 5.73 Å². The van der Waals surface area contributed by atoms with Crippen molar-refractivity contribution >= 4 is 5.69 Å². The van der Waals surface area contributed by atoms with E-state index >= 15 is 0 Å². The molecule has 1 aromatic rings. The van der Waals surface area contributed by atoms with Crippen LogP contribution in [0.25, 0.3) is 0 Å². The maximum Gasteiger partial charge on any atom is 0.0828 e. The first-order valence-corrected chi connectivity index (χ1v) is 7.07. The van der Waals surface area contributed by atoms with Crippen molar-refractivity contribution in [3.63, 3.8) is 0 Å². The number of hydrogen-bond donors (Lipinski definition) is 2.